The van der Waals surface area contributed by atoms with Crippen LogP contribution in [0.25, 0.3) is 6.08 Å². The van der Waals surface area contributed by atoms with Crippen LogP contribution in [0.5, 0.6) is 0 Å². The highest BCUT2D eigenvalue weighted by Gasteiger charge is 2.11. The van der Waals surface area contributed by atoms with E-state index in [9.17, 15) is 9.59 Å². The number of amides is 1. The van der Waals surface area contributed by atoms with Gasteiger partial charge in [-0.3, -0.25) is 9.59 Å². The molecule has 0 saturated heterocycles. The van der Waals surface area contributed by atoms with Gasteiger partial charge in [0.1, 0.15) is 6.54 Å². The Morgan fingerprint density at radius 3 is 2.71 bits per heavy atom. The molecular weight excluding hydrogens is 262 g/mol. The number of carbonyl (C=O) groups is 2. The maximum atomic E-state index is 11.6. The summed E-state index contributed by atoms with van der Waals surface area (Å²) in [5.41, 5.74) is 0. The van der Waals surface area contributed by atoms with Gasteiger partial charge < -0.3 is 10.0 Å². The van der Waals surface area contributed by atoms with Crippen LogP contribution >= 0.6 is 22.9 Å². The van der Waals surface area contributed by atoms with E-state index in [2.05, 4.69) is 0 Å². The van der Waals surface area contributed by atoms with Crippen LogP contribution in [0.3, 0.4) is 0 Å². The molecule has 0 bridgehead atoms. The van der Waals surface area contributed by atoms with Gasteiger partial charge in [-0.1, -0.05) is 11.6 Å². The summed E-state index contributed by atoms with van der Waals surface area (Å²) in [4.78, 5) is 24.3. The van der Waals surface area contributed by atoms with Gasteiger partial charge in [-0.25, -0.2) is 0 Å². The van der Waals surface area contributed by atoms with Gasteiger partial charge in [-0.2, -0.15) is 0 Å². The molecule has 1 aromatic rings. The van der Waals surface area contributed by atoms with Gasteiger partial charge in [-0.15, -0.1) is 11.3 Å². The molecule has 92 valence electrons. The number of rotatable bonds is 5. The van der Waals surface area contributed by atoms with Crippen molar-refractivity contribution in [3.63, 3.8) is 0 Å². The molecule has 0 atom stereocenters. The van der Waals surface area contributed by atoms with E-state index in [1.54, 1.807) is 25.1 Å². The van der Waals surface area contributed by atoms with Crippen molar-refractivity contribution in [1.29, 1.82) is 0 Å². The second-order valence-electron chi connectivity index (χ2n) is 3.22. The molecule has 1 rings (SSSR count). The molecule has 1 heterocycles. The van der Waals surface area contributed by atoms with Crippen LogP contribution < -0.4 is 0 Å². The molecule has 0 spiro atoms. The van der Waals surface area contributed by atoms with E-state index in [0.29, 0.717) is 10.9 Å². The van der Waals surface area contributed by atoms with Crippen LogP contribution in [0, 0.1) is 0 Å². The third-order valence-corrected chi connectivity index (χ3v) is 3.20. The van der Waals surface area contributed by atoms with Gasteiger partial charge in [0, 0.05) is 17.5 Å². The Balaban J connectivity index is 2.63. The summed E-state index contributed by atoms with van der Waals surface area (Å²) in [5.74, 6) is -1.34. The first kappa shape index (κ1) is 13.7. The van der Waals surface area contributed by atoms with Crippen molar-refractivity contribution in [2.45, 2.75) is 6.92 Å². The lowest BCUT2D eigenvalue weighted by molar-refractivity contribution is -0.142. The Morgan fingerprint density at radius 1 is 1.53 bits per heavy atom. The van der Waals surface area contributed by atoms with Crippen molar-refractivity contribution in [1.82, 2.24) is 4.90 Å². The van der Waals surface area contributed by atoms with Crippen LogP contribution in [-0.4, -0.2) is 35.0 Å². The van der Waals surface area contributed by atoms with Crippen molar-refractivity contribution in [2.24, 2.45) is 0 Å². The number of hydrogen-bond donors (Lipinski definition) is 1. The Labute approximate surface area is 108 Å². The summed E-state index contributed by atoms with van der Waals surface area (Å²) in [6.45, 7) is 1.81. The Bertz CT molecular complexity index is 442. The maximum absolute atomic E-state index is 11.6. The minimum atomic E-state index is -1.02. The minimum Gasteiger partial charge on any atom is -0.480 e. The van der Waals surface area contributed by atoms with Crippen molar-refractivity contribution in [3.8, 4) is 0 Å². The molecule has 6 heteroatoms. The van der Waals surface area contributed by atoms with Crippen molar-refractivity contribution < 1.29 is 14.7 Å². The van der Waals surface area contributed by atoms with Gasteiger partial charge >= 0.3 is 5.97 Å². The Morgan fingerprint density at radius 2 is 2.24 bits per heavy atom. The fourth-order valence-electron chi connectivity index (χ4n) is 1.19. The number of carboxylic acids is 1. The zero-order chi connectivity index (χ0) is 12.8. The third kappa shape index (κ3) is 4.58. The van der Waals surface area contributed by atoms with Crippen molar-refractivity contribution in [2.75, 3.05) is 13.1 Å². The standard InChI is InChI=1S/C11H12ClNO3S/c1-2-13(7-11(15)16)10(14)6-4-8-3-5-9(12)17-8/h3-6H,2,7H2,1H3,(H,15,16). The second kappa shape index (κ2) is 6.42. The summed E-state index contributed by atoms with van der Waals surface area (Å²) >= 11 is 7.10. The van der Waals surface area contributed by atoms with Crippen molar-refractivity contribution >= 4 is 40.9 Å². The molecular formula is C11H12ClNO3S. The lowest BCUT2D eigenvalue weighted by atomic mass is 10.3. The predicted molar refractivity (Wildman–Crippen MR) is 68.3 cm³/mol. The number of hydrogen-bond acceptors (Lipinski definition) is 3. The van der Waals surface area contributed by atoms with E-state index < -0.39 is 5.97 Å². The lowest BCUT2D eigenvalue weighted by Gasteiger charge is -2.15. The molecule has 4 nitrogen and oxygen atoms in total. The average molecular weight is 274 g/mol. The molecule has 1 aromatic heterocycles. The van der Waals surface area contributed by atoms with E-state index in [-0.39, 0.29) is 12.5 Å². The van der Waals surface area contributed by atoms with Crippen LogP contribution in [0.15, 0.2) is 18.2 Å². The fraction of sp³-hybridized carbons (Fsp3) is 0.273. The predicted octanol–water partition coefficient (Wildman–Crippen LogP) is 2.35. The molecule has 0 unspecified atom stereocenters. The van der Waals surface area contributed by atoms with Gasteiger partial charge in [0.05, 0.1) is 4.34 Å². The van der Waals surface area contributed by atoms with E-state index in [4.69, 9.17) is 16.7 Å². The van der Waals surface area contributed by atoms with Crippen LogP contribution in [-0.2, 0) is 9.59 Å². The Hall–Kier alpha value is -1.33. The normalized spacial score (nSPS) is 10.7. The third-order valence-electron chi connectivity index (χ3n) is 2.00. The largest absolute Gasteiger partial charge is 0.480 e. The quantitative estimate of drug-likeness (QED) is 0.838. The van der Waals surface area contributed by atoms with Crippen LogP contribution in [0.2, 0.25) is 4.34 Å². The molecule has 0 radical (unpaired) electrons. The SMILES string of the molecule is CCN(CC(=O)O)C(=O)C=Cc1ccc(Cl)s1. The average Bonchev–Trinajstić information content (AvgIpc) is 2.68. The summed E-state index contributed by atoms with van der Waals surface area (Å²) in [6.07, 6.45) is 2.98. The number of nitrogens with zero attached hydrogens (tertiary/aromatic N) is 1. The number of thiophene rings is 1. The first-order chi connectivity index (χ1) is 8.02. The van der Waals surface area contributed by atoms with E-state index >= 15 is 0 Å². The topological polar surface area (TPSA) is 57.6 Å². The molecule has 0 aliphatic carbocycles. The fourth-order valence-corrected chi connectivity index (χ4v) is 2.15. The zero-order valence-corrected chi connectivity index (χ0v) is 10.8. The monoisotopic (exact) mass is 273 g/mol. The van der Waals surface area contributed by atoms with Gasteiger partial charge in [-0.05, 0) is 25.1 Å². The Kier molecular flexibility index (Phi) is 5.18. The lowest BCUT2D eigenvalue weighted by Crippen LogP contribution is -2.34. The molecule has 1 amide bonds. The highest BCUT2D eigenvalue weighted by molar-refractivity contribution is 7.17. The maximum Gasteiger partial charge on any atom is 0.323 e. The molecule has 0 aliphatic heterocycles. The first-order valence-electron chi connectivity index (χ1n) is 4.97. The highest BCUT2D eigenvalue weighted by atomic mass is 35.5. The molecule has 0 aliphatic rings. The molecule has 0 fully saturated rings. The van der Waals surface area contributed by atoms with Crippen molar-refractivity contribution in [3.05, 3.63) is 27.4 Å². The highest BCUT2D eigenvalue weighted by Crippen LogP contribution is 2.22. The minimum absolute atomic E-state index is 0.287. The second-order valence-corrected chi connectivity index (χ2v) is 4.97. The number of carboxylic acid groups (broad SMARTS) is 1. The number of aliphatic carboxylic acids is 1. The zero-order valence-electron chi connectivity index (χ0n) is 9.22. The molecule has 0 aromatic carbocycles. The van der Waals surface area contributed by atoms with E-state index in [1.807, 2.05) is 0 Å². The van der Waals surface area contributed by atoms with Gasteiger partial charge in [0.25, 0.3) is 0 Å². The summed E-state index contributed by atoms with van der Waals surface area (Å²) in [7, 11) is 0. The number of carbonyl (C=O) groups excluding carboxylic acids is 1. The van der Waals surface area contributed by atoms with Gasteiger partial charge in [0.15, 0.2) is 0 Å². The van der Waals surface area contributed by atoms with E-state index in [0.717, 1.165) is 4.88 Å². The summed E-state index contributed by atoms with van der Waals surface area (Å²) in [5, 5.41) is 8.62. The molecule has 0 saturated carbocycles. The number of halogens is 1. The van der Waals surface area contributed by atoms with Crippen LogP contribution in [0.1, 0.15) is 11.8 Å². The molecule has 1 N–H and O–H groups in total. The van der Waals surface area contributed by atoms with Gasteiger partial charge in [0.2, 0.25) is 5.91 Å². The number of likely N-dealkylation sites (N-methyl/N-ethyl adjacent to an activating group) is 1. The summed E-state index contributed by atoms with van der Waals surface area (Å²) in [6, 6.07) is 3.54. The van der Waals surface area contributed by atoms with Crippen LogP contribution in [0.4, 0.5) is 0 Å². The van der Waals surface area contributed by atoms with E-state index in [1.165, 1.54) is 22.3 Å². The summed E-state index contributed by atoms with van der Waals surface area (Å²) < 4.78 is 0.648. The first-order valence-corrected chi connectivity index (χ1v) is 6.16. The smallest absolute Gasteiger partial charge is 0.323 e. The molecule has 17 heavy (non-hydrogen) atoms.